The normalized spacial score (nSPS) is 18.5. The van der Waals surface area contributed by atoms with Crippen LogP contribution in [0, 0.1) is 0 Å². The molecule has 1 aliphatic heterocycles. The number of halogens is 2. The molecule has 1 unspecified atom stereocenters. The first kappa shape index (κ1) is 16.2. The van der Waals surface area contributed by atoms with Crippen LogP contribution >= 0.6 is 0 Å². The largest absolute Gasteiger partial charge is 0.368 e. The van der Waals surface area contributed by atoms with Gasteiger partial charge in [0.1, 0.15) is 6.04 Å². The molecule has 1 atom stereocenters. The van der Waals surface area contributed by atoms with Crippen LogP contribution in [0.4, 0.5) is 13.6 Å². The van der Waals surface area contributed by atoms with Crippen molar-refractivity contribution < 1.29 is 18.4 Å². The molecule has 0 spiro atoms. The second kappa shape index (κ2) is 6.72. The van der Waals surface area contributed by atoms with Gasteiger partial charge in [-0.15, -0.1) is 0 Å². The monoisotopic (exact) mass is 311 g/mol. The zero-order valence-electron chi connectivity index (χ0n) is 12.1. The summed E-state index contributed by atoms with van der Waals surface area (Å²) < 4.78 is 26.2. The summed E-state index contributed by atoms with van der Waals surface area (Å²) in [5, 5.41) is 2.53. The lowest BCUT2D eigenvalue weighted by atomic mass is 10.1. The molecule has 1 aliphatic rings. The molecule has 1 saturated heterocycles. The molecule has 1 aromatic rings. The molecule has 2 rings (SSSR count). The number of amides is 3. The lowest BCUT2D eigenvalue weighted by molar-refractivity contribution is -0.119. The lowest BCUT2D eigenvalue weighted by Gasteiger charge is -2.32. The van der Waals surface area contributed by atoms with Crippen LogP contribution in [0.15, 0.2) is 30.3 Å². The van der Waals surface area contributed by atoms with E-state index >= 15 is 0 Å². The summed E-state index contributed by atoms with van der Waals surface area (Å²) in [6.45, 7) is -0.0642. The molecule has 5 nitrogen and oxygen atoms in total. The van der Waals surface area contributed by atoms with Gasteiger partial charge in [0.15, 0.2) is 0 Å². The predicted molar refractivity (Wildman–Crippen MR) is 77.4 cm³/mol. The third-order valence-corrected chi connectivity index (χ3v) is 3.71. The SMILES string of the molecule is NC(=O)C(Cc1ccccc1)NC(=O)N1CCC(F)(F)CC1. The third-order valence-electron chi connectivity index (χ3n) is 3.71. The van der Waals surface area contributed by atoms with E-state index in [0.29, 0.717) is 0 Å². The Hall–Kier alpha value is -2.18. The van der Waals surface area contributed by atoms with Gasteiger partial charge in [0.25, 0.3) is 5.92 Å². The number of nitrogens with zero attached hydrogens (tertiary/aromatic N) is 1. The van der Waals surface area contributed by atoms with Gasteiger partial charge in [-0.3, -0.25) is 4.79 Å². The van der Waals surface area contributed by atoms with Crippen LogP contribution in [0.2, 0.25) is 0 Å². The highest BCUT2D eigenvalue weighted by Crippen LogP contribution is 2.27. The Kier molecular flexibility index (Phi) is 4.95. The van der Waals surface area contributed by atoms with Crippen molar-refractivity contribution in [3.05, 3.63) is 35.9 Å². The molecule has 3 N–H and O–H groups in total. The lowest BCUT2D eigenvalue weighted by Crippen LogP contribution is -2.53. The number of hydrogen-bond donors (Lipinski definition) is 2. The van der Waals surface area contributed by atoms with Crippen LogP contribution in [0.5, 0.6) is 0 Å². The van der Waals surface area contributed by atoms with Crippen molar-refractivity contribution in [2.75, 3.05) is 13.1 Å². The maximum atomic E-state index is 13.1. The first-order valence-corrected chi connectivity index (χ1v) is 7.14. The fraction of sp³-hybridized carbons (Fsp3) is 0.467. The fourth-order valence-electron chi connectivity index (χ4n) is 2.35. The predicted octanol–water partition coefficient (Wildman–Crippen LogP) is 1.52. The summed E-state index contributed by atoms with van der Waals surface area (Å²) in [7, 11) is 0. The van der Waals surface area contributed by atoms with Crippen molar-refractivity contribution in [3.8, 4) is 0 Å². The van der Waals surface area contributed by atoms with Gasteiger partial charge in [-0.25, -0.2) is 13.6 Å². The molecule has 120 valence electrons. The molecule has 22 heavy (non-hydrogen) atoms. The van der Waals surface area contributed by atoms with Crippen LogP contribution < -0.4 is 11.1 Å². The molecule has 0 aromatic heterocycles. The summed E-state index contributed by atoms with van der Waals surface area (Å²) in [4.78, 5) is 24.9. The van der Waals surface area contributed by atoms with E-state index < -0.39 is 23.9 Å². The van der Waals surface area contributed by atoms with Crippen molar-refractivity contribution in [3.63, 3.8) is 0 Å². The van der Waals surface area contributed by atoms with Gasteiger partial charge in [-0.1, -0.05) is 30.3 Å². The number of nitrogens with one attached hydrogen (secondary N) is 1. The zero-order valence-corrected chi connectivity index (χ0v) is 12.1. The van der Waals surface area contributed by atoms with Crippen LogP contribution in [-0.4, -0.2) is 41.9 Å². The van der Waals surface area contributed by atoms with Gasteiger partial charge in [0.05, 0.1) is 0 Å². The number of carbonyl (C=O) groups is 2. The van der Waals surface area contributed by atoms with Crippen LogP contribution in [0.1, 0.15) is 18.4 Å². The number of carbonyl (C=O) groups excluding carboxylic acids is 2. The van der Waals surface area contributed by atoms with Crippen molar-refractivity contribution in [1.29, 1.82) is 0 Å². The van der Waals surface area contributed by atoms with Gasteiger partial charge < -0.3 is 16.0 Å². The Morgan fingerprint density at radius 2 is 1.82 bits per heavy atom. The van der Waals surface area contributed by atoms with Crippen LogP contribution in [0.25, 0.3) is 0 Å². The van der Waals surface area contributed by atoms with Gasteiger partial charge in [0, 0.05) is 32.4 Å². The Morgan fingerprint density at radius 1 is 1.23 bits per heavy atom. The van der Waals surface area contributed by atoms with E-state index in [9.17, 15) is 18.4 Å². The maximum absolute atomic E-state index is 13.1. The minimum atomic E-state index is -2.72. The van der Waals surface area contributed by atoms with E-state index in [1.54, 1.807) is 0 Å². The quantitative estimate of drug-likeness (QED) is 0.884. The summed E-state index contributed by atoms with van der Waals surface area (Å²) in [6.07, 6.45) is -0.452. The molecule has 0 saturated carbocycles. The first-order valence-electron chi connectivity index (χ1n) is 7.14. The Balaban J connectivity index is 1.93. The molecule has 1 aromatic carbocycles. The van der Waals surface area contributed by atoms with E-state index in [-0.39, 0.29) is 32.4 Å². The number of piperidine rings is 1. The Labute approximate surface area is 127 Å². The van der Waals surface area contributed by atoms with E-state index in [4.69, 9.17) is 5.73 Å². The molecule has 0 aliphatic carbocycles. The highest BCUT2D eigenvalue weighted by atomic mass is 19.3. The second-order valence-corrected chi connectivity index (χ2v) is 5.44. The van der Waals surface area contributed by atoms with Crippen molar-refractivity contribution in [2.24, 2.45) is 5.73 Å². The molecule has 1 heterocycles. The molecule has 3 amide bonds. The summed E-state index contributed by atoms with van der Waals surface area (Å²) in [5.74, 6) is -3.37. The maximum Gasteiger partial charge on any atom is 0.318 e. The second-order valence-electron chi connectivity index (χ2n) is 5.44. The number of rotatable bonds is 4. The molecular weight excluding hydrogens is 292 g/mol. The average molecular weight is 311 g/mol. The highest BCUT2D eigenvalue weighted by molar-refractivity contribution is 5.86. The number of primary amides is 1. The smallest absolute Gasteiger partial charge is 0.318 e. The summed E-state index contributed by atoms with van der Waals surface area (Å²) in [5.41, 5.74) is 6.17. The van der Waals surface area contributed by atoms with E-state index in [1.807, 2.05) is 30.3 Å². The number of nitrogens with two attached hydrogens (primary N) is 1. The molecule has 1 fully saturated rings. The first-order chi connectivity index (χ1) is 10.4. The fourth-order valence-corrected chi connectivity index (χ4v) is 2.35. The molecule has 0 bridgehead atoms. The highest BCUT2D eigenvalue weighted by Gasteiger charge is 2.36. The number of alkyl halides is 2. The van der Waals surface area contributed by atoms with Crippen LogP contribution in [0.3, 0.4) is 0 Å². The van der Waals surface area contributed by atoms with E-state index in [0.717, 1.165) is 5.56 Å². The average Bonchev–Trinajstić information content (AvgIpc) is 2.47. The number of likely N-dealkylation sites (tertiary alicyclic amines) is 1. The Bertz CT molecular complexity index is 527. The van der Waals surface area contributed by atoms with Crippen LogP contribution in [-0.2, 0) is 11.2 Å². The minimum absolute atomic E-state index is 0.0321. The van der Waals surface area contributed by atoms with Crippen molar-refractivity contribution in [2.45, 2.75) is 31.2 Å². The van der Waals surface area contributed by atoms with Crippen molar-refractivity contribution >= 4 is 11.9 Å². The van der Waals surface area contributed by atoms with E-state index in [1.165, 1.54) is 4.90 Å². The molecule has 0 radical (unpaired) electrons. The number of urea groups is 1. The zero-order chi connectivity index (χ0) is 16.2. The van der Waals surface area contributed by atoms with Crippen molar-refractivity contribution in [1.82, 2.24) is 10.2 Å². The third kappa shape index (κ3) is 4.41. The van der Waals surface area contributed by atoms with Gasteiger partial charge in [-0.2, -0.15) is 0 Å². The number of benzene rings is 1. The molecular formula is C15H19F2N3O2. The van der Waals surface area contributed by atoms with Gasteiger partial charge in [0.2, 0.25) is 5.91 Å². The number of hydrogen-bond acceptors (Lipinski definition) is 2. The van der Waals surface area contributed by atoms with E-state index in [2.05, 4.69) is 5.32 Å². The standard InChI is InChI=1S/C15H19F2N3O2/c16-15(17)6-8-20(9-7-15)14(22)19-12(13(18)21)10-11-4-2-1-3-5-11/h1-5,12H,6-10H2,(H2,18,21)(H,19,22). The minimum Gasteiger partial charge on any atom is -0.368 e. The topological polar surface area (TPSA) is 75.4 Å². The van der Waals surface area contributed by atoms with Gasteiger partial charge >= 0.3 is 6.03 Å². The summed E-state index contributed by atoms with van der Waals surface area (Å²) in [6, 6.07) is 7.74. The summed E-state index contributed by atoms with van der Waals surface area (Å²) >= 11 is 0. The molecule has 7 heteroatoms. The van der Waals surface area contributed by atoms with Gasteiger partial charge in [-0.05, 0) is 5.56 Å². The Morgan fingerprint density at radius 3 is 2.36 bits per heavy atom.